The number of methoxy groups -OCH3 is 1. The summed E-state index contributed by atoms with van der Waals surface area (Å²) in [4.78, 5) is 49.6. The van der Waals surface area contributed by atoms with Gasteiger partial charge in [-0.15, -0.1) is 0 Å². The van der Waals surface area contributed by atoms with Crippen molar-refractivity contribution < 1.29 is 38.1 Å². The number of fused-ring (bicyclic) bond motifs is 1. The van der Waals surface area contributed by atoms with Crippen LogP contribution in [0.4, 0.5) is 4.79 Å². The van der Waals surface area contributed by atoms with Gasteiger partial charge in [-0.3, -0.25) is 9.59 Å². The number of carbonyl (C=O) groups is 4. The van der Waals surface area contributed by atoms with Crippen molar-refractivity contribution >= 4 is 59.4 Å². The maximum atomic E-state index is 13.2. The minimum atomic E-state index is -1.14. The SMILES string of the molecule is COC(=O)c1ccc(C(=O)NCCOCCOCCOCCNC(=O)CCCC[C@@H]2SC[C@H]3NC(=O)N[C@H]23)cc1P(c1ccccc1)c1ccccc1. The number of urea groups is 1. The molecule has 0 unspecified atom stereocenters. The van der Waals surface area contributed by atoms with Crippen molar-refractivity contribution in [3.8, 4) is 0 Å². The lowest BCUT2D eigenvalue weighted by Gasteiger charge is -2.22. The maximum absolute atomic E-state index is 13.2. The summed E-state index contributed by atoms with van der Waals surface area (Å²) >= 11 is 1.89. The Morgan fingerprint density at radius 2 is 1.42 bits per heavy atom. The van der Waals surface area contributed by atoms with Crippen LogP contribution in [0.25, 0.3) is 0 Å². The molecule has 12 nitrogen and oxygen atoms in total. The molecule has 4 N–H and O–H groups in total. The molecular weight excluding hydrogens is 715 g/mol. The van der Waals surface area contributed by atoms with Crippen LogP contribution >= 0.6 is 19.7 Å². The summed E-state index contributed by atoms with van der Waals surface area (Å²) < 4.78 is 21.8. The normalized spacial score (nSPS) is 17.5. The highest BCUT2D eigenvalue weighted by atomic mass is 32.2. The lowest BCUT2D eigenvalue weighted by molar-refractivity contribution is -0.121. The molecule has 3 aromatic carbocycles. The maximum Gasteiger partial charge on any atom is 0.338 e. The van der Waals surface area contributed by atoms with Gasteiger partial charge in [0.1, 0.15) is 0 Å². The van der Waals surface area contributed by atoms with Crippen molar-refractivity contribution in [2.75, 3.05) is 65.6 Å². The molecule has 0 aromatic heterocycles. The quantitative estimate of drug-likeness (QED) is 0.0524. The van der Waals surface area contributed by atoms with Gasteiger partial charge in [0.15, 0.2) is 0 Å². The first-order valence-corrected chi connectivity index (χ1v) is 20.4. The second kappa shape index (κ2) is 21.6. The zero-order chi connectivity index (χ0) is 37.3. The third kappa shape index (κ3) is 12.3. The highest BCUT2D eigenvalue weighted by Gasteiger charge is 2.42. The van der Waals surface area contributed by atoms with Gasteiger partial charge in [0, 0.05) is 41.4 Å². The summed E-state index contributed by atoms with van der Waals surface area (Å²) in [6, 6.07) is 25.4. The summed E-state index contributed by atoms with van der Waals surface area (Å²) in [7, 11) is 0.216. The number of benzene rings is 3. The predicted molar refractivity (Wildman–Crippen MR) is 208 cm³/mol. The molecule has 2 aliphatic rings. The van der Waals surface area contributed by atoms with E-state index in [0.29, 0.717) is 75.5 Å². The zero-order valence-corrected chi connectivity index (χ0v) is 31.8. The molecule has 2 saturated heterocycles. The Kier molecular flexibility index (Phi) is 16.4. The van der Waals surface area contributed by atoms with Crippen molar-refractivity contribution in [3.05, 3.63) is 90.0 Å². The molecule has 0 radical (unpaired) electrons. The first kappa shape index (κ1) is 40.2. The Morgan fingerprint density at radius 1 is 0.792 bits per heavy atom. The number of hydrogen-bond acceptors (Lipinski definition) is 9. The summed E-state index contributed by atoms with van der Waals surface area (Å²) in [5.41, 5.74) is 0.876. The van der Waals surface area contributed by atoms with Crippen molar-refractivity contribution in [1.82, 2.24) is 21.3 Å². The van der Waals surface area contributed by atoms with E-state index >= 15 is 0 Å². The van der Waals surface area contributed by atoms with E-state index in [9.17, 15) is 19.2 Å². The number of ether oxygens (including phenoxy) is 4. The minimum Gasteiger partial charge on any atom is -0.465 e. The largest absolute Gasteiger partial charge is 0.465 e. The number of nitrogens with one attached hydrogen (secondary N) is 4. The van der Waals surface area contributed by atoms with Crippen LogP contribution in [0.2, 0.25) is 0 Å². The fourth-order valence-electron chi connectivity index (χ4n) is 6.23. The van der Waals surface area contributed by atoms with Gasteiger partial charge in [0.25, 0.3) is 5.91 Å². The van der Waals surface area contributed by atoms with Crippen LogP contribution in [0.15, 0.2) is 78.9 Å². The molecule has 0 saturated carbocycles. The van der Waals surface area contributed by atoms with Crippen LogP contribution in [0, 0.1) is 0 Å². The van der Waals surface area contributed by atoms with E-state index in [4.69, 9.17) is 18.9 Å². The summed E-state index contributed by atoms with van der Waals surface area (Å²) in [5, 5.41) is 15.0. The highest BCUT2D eigenvalue weighted by molar-refractivity contribution is 8.00. The number of rotatable bonds is 22. The van der Waals surface area contributed by atoms with Gasteiger partial charge in [0.05, 0.1) is 64.4 Å². The van der Waals surface area contributed by atoms with Crippen molar-refractivity contribution in [2.24, 2.45) is 0 Å². The Morgan fingerprint density at radius 3 is 2.06 bits per heavy atom. The fraction of sp³-hybridized carbons (Fsp3) is 0.436. The smallest absolute Gasteiger partial charge is 0.338 e. The average Bonchev–Trinajstić information content (AvgIpc) is 3.74. The molecule has 3 aromatic rings. The van der Waals surface area contributed by atoms with Crippen LogP contribution in [0.3, 0.4) is 0 Å². The Labute approximate surface area is 316 Å². The Balaban J connectivity index is 0.916. The molecule has 0 bridgehead atoms. The lowest BCUT2D eigenvalue weighted by atomic mass is 10.0. The van der Waals surface area contributed by atoms with Gasteiger partial charge in [-0.05, 0) is 49.6 Å². The third-order valence-electron chi connectivity index (χ3n) is 8.86. The van der Waals surface area contributed by atoms with E-state index in [-0.39, 0.29) is 29.9 Å². The monoisotopic (exact) mass is 764 g/mol. The molecule has 2 heterocycles. The number of hydrogen-bond donors (Lipinski definition) is 4. The summed E-state index contributed by atoms with van der Waals surface area (Å²) in [6.45, 7) is 3.06. The molecule has 3 atom stereocenters. The average molecular weight is 765 g/mol. The van der Waals surface area contributed by atoms with Crippen LogP contribution < -0.4 is 37.2 Å². The standard InChI is InChI=1S/C39H49N4O8PS/c1-48-38(46)31-17-16-28(26-33(31)52(29-10-4-2-5-11-29)30-12-6-3-7-13-30)37(45)41-19-21-50-23-25-51-24-22-49-20-18-40-35(44)15-9-8-14-34-36-32(27-53-34)42-39(47)43-36/h2-7,10-13,16-17,26,32,34,36H,8-9,14-15,18-25,27H2,1H3,(H,40,44)(H,41,45)(H2,42,43,47)/t32-,34+,36+/m1/s1. The predicted octanol–water partition coefficient (Wildman–Crippen LogP) is 2.85. The molecule has 284 valence electrons. The van der Waals surface area contributed by atoms with Gasteiger partial charge in [-0.1, -0.05) is 67.1 Å². The Bertz CT molecular complexity index is 1600. The number of amides is 4. The van der Waals surface area contributed by atoms with E-state index in [0.717, 1.165) is 40.9 Å². The summed E-state index contributed by atoms with van der Waals surface area (Å²) in [6.07, 6.45) is 3.26. The van der Waals surface area contributed by atoms with Gasteiger partial charge in [-0.25, -0.2) is 9.59 Å². The molecular formula is C39H49N4O8PS. The minimum absolute atomic E-state index is 0.0210. The first-order chi connectivity index (χ1) is 25.9. The van der Waals surface area contributed by atoms with E-state index in [1.807, 2.05) is 72.4 Å². The van der Waals surface area contributed by atoms with E-state index in [1.54, 1.807) is 18.2 Å². The Hall–Kier alpha value is -4.00. The van der Waals surface area contributed by atoms with E-state index in [1.165, 1.54) is 7.11 Å². The molecule has 5 rings (SSSR count). The molecule has 4 amide bonds. The second-order valence-corrected chi connectivity index (χ2v) is 16.0. The van der Waals surface area contributed by atoms with Crippen LogP contribution in [-0.2, 0) is 23.7 Å². The molecule has 0 spiro atoms. The fourth-order valence-corrected chi connectivity index (χ4v) is 10.2. The van der Waals surface area contributed by atoms with Crippen molar-refractivity contribution in [3.63, 3.8) is 0 Å². The number of esters is 1. The molecule has 0 aliphatic carbocycles. The van der Waals surface area contributed by atoms with E-state index in [2.05, 4.69) is 21.3 Å². The zero-order valence-electron chi connectivity index (χ0n) is 30.1. The van der Waals surface area contributed by atoms with E-state index < -0.39 is 13.9 Å². The van der Waals surface area contributed by atoms with Gasteiger partial charge < -0.3 is 40.2 Å². The first-order valence-electron chi connectivity index (χ1n) is 18.0. The number of carbonyl (C=O) groups excluding carboxylic acids is 4. The van der Waals surface area contributed by atoms with Gasteiger partial charge >= 0.3 is 12.0 Å². The molecule has 53 heavy (non-hydrogen) atoms. The molecule has 14 heteroatoms. The van der Waals surface area contributed by atoms with Crippen LogP contribution in [-0.4, -0.2) is 107 Å². The third-order valence-corrected chi connectivity index (χ3v) is 12.8. The molecule has 2 fully saturated rings. The van der Waals surface area contributed by atoms with Gasteiger partial charge in [0.2, 0.25) is 5.91 Å². The van der Waals surface area contributed by atoms with Crippen molar-refractivity contribution in [2.45, 2.75) is 43.0 Å². The topological polar surface area (TPSA) is 153 Å². The molecule has 2 aliphatic heterocycles. The van der Waals surface area contributed by atoms with Gasteiger partial charge in [-0.2, -0.15) is 11.8 Å². The lowest BCUT2D eigenvalue weighted by Crippen LogP contribution is -2.36. The summed E-state index contributed by atoms with van der Waals surface area (Å²) in [5.74, 6) is 0.256. The van der Waals surface area contributed by atoms with Crippen LogP contribution in [0.5, 0.6) is 0 Å². The number of unbranched alkanes of at least 4 members (excludes halogenated alkanes) is 1. The van der Waals surface area contributed by atoms with Crippen molar-refractivity contribution in [1.29, 1.82) is 0 Å². The highest BCUT2D eigenvalue weighted by Crippen LogP contribution is 2.35. The van der Waals surface area contributed by atoms with Crippen LogP contribution in [0.1, 0.15) is 46.4 Å². The second-order valence-electron chi connectivity index (χ2n) is 12.5. The number of thioether (sulfide) groups is 1.